The average Bonchev–Trinajstić information content (AvgIpc) is 2.87. The van der Waals surface area contributed by atoms with Crippen molar-refractivity contribution < 1.29 is 52.7 Å². The molecule has 1 rings (SSSR count). The SMILES string of the molecule is CC(=O)OCC(COC(C)=O)OCCCN(CCCOC(COC(C)=O)COC(C)=O)CCN(CCO)C1CCC1. The highest BCUT2D eigenvalue weighted by molar-refractivity contribution is 5.67. The van der Waals surface area contributed by atoms with E-state index in [4.69, 9.17) is 28.4 Å². The highest BCUT2D eigenvalue weighted by Gasteiger charge is 2.24. The molecule has 0 saturated heterocycles. The molecule has 0 spiro atoms. The van der Waals surface area contributed by atoms with Gasteiger partial charge in [0, 0.05) is 79.7 Å². The topological polar surface area (TPSA) is 150 Å². The molecule has 13 heteroatoms. The van der Waals surface area contributed by atoms with Crippen LogP contribution in [0, 0.1) is 0 Å². The lowest BCUT2D eigenvalue weighted by Gasteiger charge is -2.38. The van der Waals surface area contributed by atoms with E-state index in [1.807, 2.05) is 0 Å². The summed E-state index contributed by atoms with van der Waals surface area (Å²) in [5.74, 6) is -1.73. The van der Waals surface area contributed by atoms with Gasteiger partial charge in [-0.15, -0.1) is 0 Å². The molecule has 1 aliphatic carbocycles. The minimum atomic E-state index is -0.547. The lowest BCUT2D eigenvalue weighted by atomic mass is 9.91. The van der Waals surface area contributed by atoms with Crippen LogP contribution in [-0.4, -0.2) is 136 Å². The van der Waals surface area contributed by atoms with Crippen molar-refractivity contribution in [2.45, 2.75) is 78.0 Å². The molecule has 238 valence electrons. The van der Waals surface area contributed by atoms with Gasteiger partial charge in [0.1, 0.15) is 38.6 Å². The van der Waals surface area contributed by atoms with Crippen molar-refractivity contribution in [1.82, 2.24) is 9.80 Å². The van der Waals surface area contributed by atoms with Gasteiger partial charge in [0.2, 0.25) is 0 Å². The Labute approximate surface area is 243 Å². The predicted octanol–water partition coefficient (Wildman–Crippen LogP) is 0.938. The predicted molar refractivity (Wildman–Crippen MR) is 148 cm³/mol. The minimum absolute atomic E-state index is 0.00300. The summed E-state index contributed by atoms with van der Waals surface area (Å²) >= 11 is 0. The zero-order chi connectivity index (χ0) is 30.5. The molecule has 0 radical (unpaired) electrons. The molecule has 41 heavy (non-hydrogen) atoms. The lowest BCUT2D eigenvalue weighted by molar-refractivity contribution is -0.154. The minimum Gasteiger partial charge on any atom is -0.463 e. The molecule has 0 bridgehead atoms. The summed E-state index contributed by atoms with van der Waals surface area (Å²) in [6, 6.07) is 0.516. The van der Waals surface area contributed by atoms with Crippen molar-refractivity contribution in [3.05, 3.63) is 0 Å². The van der Waals surface area contributed by atoms with Crippen LogP contribution in [0.15, 0.2) is 0 Å². The third kappa shape index (κ3) is 19.4. The standard InChI is InChI=1S/C28H50N2O11/c1-22(32)38-18-27(19-39-23(2)33)36-16-6-10-29(12-13-30(14-15-31)26-8-5-9-26)11-7-17-37-28(20-40-24(3)34)21-41-25(4)35/h26-28,31H,5-21H2,1-4H3. The summed E-state index contributed by atoms with van der Waals surface area (Å²) in [6.45, 7) is 9.87. The quantitative estimate of drug-likeness (QED) is 0.0966. The van der Waals surface area contributed by atoms with Crippen LogP contribution in [0.4, 0.5) is 0 Å². The Balaban J connectivity index is 2.62. The van der Waals surface area contributed by atoms with Gasteiger partial charge in [-0.2, -0.15) is 0 Å². The largest absolute Gasteiger partial charge is 0.463 e. The molecule has 13 nitrogen and oxygen atoms in total. The smallest absolute Gasteiger partial charge is 0.302 e. The number of aliphatic hydroxyl groups is 1. The molecule has 0 amide bonds. The second-order valence-electron chi connectivity index (χ2n) is 10.1. The summed E-state index contributed by atoms with van der Waals surface area (Å²) < 4.78 is 31.8. The van der Waals surface area contributed by atoms with Crippen molar-refractivity contribution in [3.8, 4) is 0 Å². The maximum Gasteiger partial charge on any atom is 0.302 e. The van der Waals surface area contributed by atoms with E-state index < -0.39 is 36.1 Å². The van der Waals surface area contributed by atoms with Gasteiger partial charge < -0.3 is 38.4 Å². The first-order chi connectivity index (χ1) is 19.6. The molecule has 0 unspecified atom stereocenters. The molecule has 0 aromatic heterocycles. The normalized spacial score (nSPS) is 13.5. The third-order valence-electron chi connectivity index (χ3n) is 6.52. The van der Waals surface area contributed by atoms with E-state index in [1.165, 1.54) is 34.1 Å². The lowest BCUT2D eigenvalue weighted by Crippen LogP contribution is -2.46. The average molecular weight is 591 g/mol. The number of ether oxygens (including phenoxy) is 6. The van der Waals surface area contributed by atoms with E-state index in [0.29, 0.717) is 38.6 Å². The number of aliphatic hydroxyl groups excluding tert-OH is 1. The number of carbonyl (C=O) groups is 4. The zero-order valence-corrected chi connectivity index (χ0v) is 25.2. The van der Waals surface area contributed by atoms with E-state index in [1.54, 1.807) is 0 Å². The van der Waals surface area contributed by atoms with Crippen molar-refractivity contribution in [3.63, 3.8) is 0 Å². The van der Waals surface area contributed by atoms with Crippen molar-refractivity contribution >= 4 is 23.9 Å². The van der Waals surface area contributed by atoms with Crippen LogP contribution in [0.25, 0.3) is 0 Å². The Morgan fingerprint density at radius 1 is 0.659 bits per heavy atom. The van der Waals surface area contributed by atoms with Crippen LogP contribution in [0.3, 0.4) is 0 Å². The molecule has 0 atom stereocenters. The van der Waals surface area contributed by atoms with Crippen LogP contribution in [0.5, 0.6) is 0 Å². The number of esters is 4. The maximum absolute atomic E-state index is 11.2. The first-order valence-electron chi connectivity index (χ1n) is 14.4. The van der Waals surface area contributed by atoms with E-state index >= 15 is 0 Å². The summed E-state index contributed by atoms with van der Waals surface area (Å²) in [7, 11) is 0. The Morgan fingerprint density at radius 3 is 1.39 bits per heavy atom. The van der Waals surface area contributed by atoms with E-state index in [2.05, 4.69) is 9.80 Å². The van der Waals surface area contributed by atoms with Gasteiger partial charge >= 0.3 is 23.9 Å². The van der Waals surface area contributed by atoms with E-state index in [-0.39, 0.29) is 33.0 Å². The molecule has 1 saturated carbocycles. The Morgan fingerprint density at radius 2 is 1.07 bits per heavy atom. The Hall–Kier alpha value is -2.32. The molecule has 0 heterocycles. The zero-order valence-electron chi connectivity index (χ0n) is 25.2. The summed E-state index contributed by atoms with van der Waals surface area (Å²) in [4.78, 5) is 49.4. The van der Waals surface area contributed by atoms with Crippen LogP contribution in [0.2, 0.25) is 0 Å². The van der Waals surface area contributed by atoms with Gasteiger partial charge in [0.25, 0.3) is 0 Å². The number of rotatable bonds is 24. The number of hydrogen-bond donors (Lipinski definition) is 1. The first-order valence-corrected chi connectivity index (χ1v) is 14.4. The maximum atomic E-state index is 11.2. The van der Waals surface area contributed by atoms with Crippen LogP contribution >= 0.6 is 0 Å². The van der Waals surface area contributed by atoms with Gasteiger partial charge in [-0.05, 0) is 25.7 Å². The fourth-order valence-corrected chi connectivity index (χ4v) is 4.17. The van der Waals surface area contributed by atoms with Gasteiger partial charge in [0.15, 0.2) is 0 Å². The van der Waals surface area contributed by atoms with Crippen molar-refractivity contribution in [2.75, 3.05) is 79.0 Å². The van der Waals surface area contributed by atoms with Gasteiger partial charge in [-0.25, -0.2) is 0 Å². The van der Waals surface area contributed by atoms with Gasteiger partial charge in [0.05, 0.1) is 6.61 Å². The van der Waals surface area contributed by atoms with E-state index in [0.717, 1.165) is 39.0 Å². The van der Waals surface area contributed by atoms with Gasteiger partial charge in [-0.1, -0.05) is 6.42 Å². The molecule has 0 aromatic rings. The third-order valence-corrected chi connectivity index (χ3v) is 6.52. The molecule has 1 fully saturated rings. The highest BCUT2D eigenvalue weighted by Crippen LogP contribution is 2.24. The summed E-state index contributed by atoms with van der Waals surface area (Å²) in [6.07, 6.45) is 3.82. The van der Waals surface area contributed by atoms with Crippen LogP contribution < -0.4 is 0 Å². The Kier molecular flexibility index (Phi) is 20.0. The molecule has 0 aromatic carbocycles. The fraction of sp³-hybridized carbons (Fsp3) is 0.857. The molecule has 1 aliphatic rings. The second-order valence-corrected chi connectivity index (χ2v) is 10.1. The van der Waals surface area contributed by atoms with Crippen molar-refractivity contribution in [1.29, 1.82) is 0 Å². The fourth-order valence-electron chi connectivity index (χ4n) is 4.17. The van der Waals surface area contributed by atoms with Crippen LogP contribution in [-0.2, 0) is 47.6 Å². The number of carbonyl (C=O) groups excluding carboxylic acids is 4. The Bertz CT molecular complexity index is 679. The molecule has 0 aliphatic heterocycles. The summed E-state index contributed by atoms with van der Waals surface area (Å²) in [5.41, 5.74) is 0. The van der Waals surface area contributed by atoms with Gasteiger partial charge in [-0.3, -0.25) is 24.1 Å². The number of nitrogens with zero attached hydrogens (tertiary/aromatic N) is 2. The van der Waals surface area contributed by atoms with E-state index in [9.17, 15) is 24.3 Å². The number of hydrogen-bond acceptors (Lipinski definition) is 13. The van der Waals surface area contributed by atoms with Crippen molar-refractivity contribution in [2.24, 2.45) is 0 Å². The summed E-state index contributed by atoms with van der Waals surface area (Å²) in [5, 5.41) is 9.52. The molecular formula is C28H50N2O11. The highest BCUT2D eigenvalue weighted by atomic mass is 16.6. The monoisotopic (exact) mass is 590 g/mol. The first kappa shape index (κ1) is 36.7. The second kappa shape index (κ2) is 22.3. The molecular weight excluding hydrogens is 540 g/mol. The molecule has 1 N–H and O–H groups in total. The van der Waals surface area contributed by atoms with Crippen LogP contribution in [0.1, 0.15) is 59.8 Å².